The van der Waals surface area contributed by atoms with Gasteiger partial charge in [-0.15, -0.1) is 0 Å². The number of esters is 1. The summed E-state index contributed by atoms with van der Waals surface area (Å²) in [6.07, 6.45) is 0. The van der Waals surface area contributed by atoms with E-state index in [9.17, 15) is 19.2 Å². The maximum atomic E-state index is 12.4. The first-order valence-corrected chi connectivity index (χ1v) is 8.87. The fraction of sp³-hybridized carbons (Fsp3) is 0.200. The van der Waals surface area contributed by atoms with Gasteiger partial charge >= 0.3 is 5.97 Å². The zero-order valence-electron chi connectivity index (χ0n) is 15.2. The molecular formula is C20H17ClN2O5. The molecule has 0 aliphatic carbocycles. The van der Waals surface area contributed by atoms with Crippen molar-refractivity contribution in [2.45, 2.75) is 19.9 Å². The molecule has 1 aliphatic rings. The minimum Gasteiger partial charge on any atom is -0.454 e. The van der Waals surface area contributed by atoms with E-state index in [1.54, 1.807) is 37.3 Å². The second-order valence-corrected chi connectivity index (χ2v) is 6.68. The first kappa shape index (κ1) is 19.6. The highest BCUT2D eigenvalue weighted by Gasteiger charge is 2.41. The molecule has 8 heteroatoms. The van der Waals surface area contributed by atoms with Crippen LogP contribution in [-0.4, -0.2) is 41.2 Å². The van der Waals surface area contributed by atoms with Gasteiger partial charge in [-0.25, -0.2) is 4.79 Å². The molecule has 3 amide bonds. The van der Waals surface area contributed by atoms with Gasteiger partial charge in [-0.2, -0.15) is 0 Å². The smallest absolute Gasteiger partial charge is 0.329 e. The first-order valence-electron chi connectivity index (χ1n) is 8.49. The number of nitrogens with one attached hydrogen (secondary N) is 1. The Balaban J connectivity index is 1.61. The van der Waals surface area contributed by atoms with E-state index in [1.165, 1.54) is 19.1 Å². The zero-order chi connectivity index (χ0) is 20.4. The molecule has 3 rings (SSSR count). The van der Waals surface area contributed by atoms with Gasteiger partial charge in [-0.1, -0.05) is 29.8 Å². The van der Waals surface area contributed by atoms with E-state index in [0.717, 1.165) is 4.90 Å². The van der Waals surface area contributed by atoms with Gasteiger partial charge in [-0.3, -0.25) is 19.3 Å². The van der Waals surface area contributed by atoms with Crippen molar-refractivity contribution in [2.24, 2.45) is 0 Å². The lowest BCUT2D eigenvalue weighted by Crippen LogP contribution is -2.44. The number of carbonyl (C=O) groups excluding carboxylic acids is 4. The highest BCUT2D eigenvalue weighted by Crippen LogP contribution is 2.25. The molecule has 0 unspecified atom stereocenters. The molecule has 7 nitrogen and oxygen atoms in total. The Morgan fingerprint density at radius 2 is 1.68 bits per heavy atom. The van der Waals surface area contributed by atoms with Crippen molar-refractivity contribution in [1.82, 2.24) is 4.90 Å². The molecule has 0 radical (unpaired) electrons. The van der Waals surface area contributed by atoms with Crippen LogP contribution in [0.25, 0.3) is 0 Å². The molecule has 2 aromatic carbocycles. The molecule has 0 bridgehead atoms. The van der Waals surface area contributed by atoms with E-state index in [-0.39, 0.29) is 11.1 Å². The highest BCUT2D eigenvalue weighted by molar-refractivity contribution is 6.31. The minimum absolute atomic E-state index is 0.237. The van der Waals surface area contributed by atoms with Crippen molar-refractivity contribution in [3.8, 4) is 0 Å². The second kappa shape index (κ2) is 7.82. The second-order valence-electron chi connectivity index (χ2n) is 6.27. The average molecular weight is 401 g/mol. The molecule has 28 heavy (non-hydrogen) atoms. The molecule has 2 aromatic rings. The number of halogens is 1. The molecule has 0 aromatic heterocycles. The molecule has 144 valence electrons. The molecule has 0 saturated carbocycles. The lowest BCUT2D eigenvalue weighted by atomic mass is 10.1. The molecule has 0 saturated heterocycles. The number of amides is 3. The average Bonchev–Trinajstić information content (AvgIpc) is 2.94. The van der Waals surface area contributed by atoms with Crippen LogP contribution in [-0.2, 0) is 14.3 Å². The minimum atomic E-state index is -1.16. The van der Waals surface area contributed by atoms with Crippen LogP contribution in [0.4, 0.5) is 5.69 Å². The number of benzene rings is 2. The maximum Gasteiger partial charge on any atom is 0.329 e. The van der Waals surface area contributed by atoms with E-state index >= 15 is 0 Å². The molecular weight excluding hydrogens is 384 g/mol. The third-order valence-corrected chi connectivity index (χ3v) is 4.85. The summed E-state index contributed by atoms with van der Waals surface area (Å²) in [5.74, 6) is -2.55. The topological polar surface area (TPSA) is 92.8 Å². The summed E-state index contributed by atoms with van der Waals surface area (Å²) in [5.41, 5.74) is 1.66. The number of anilines is 1. The number of carbonyl (C=O) groups is 4. The van der Waals surface area contributed by atoms with Crippen molar-refractivity contribution < 1.29 is 23.9 Å². The third kappa shape index (κ3) is 3.61. The quantitative estimate of drug-likeness (QED) is 0.615. The van der Waals surface area contributed by atoms with E-state index < -0.39 is 36.3 Å². The Bertz CT molecular complexity index is 953. The van der Waals surface area contributed by atoms with E-state index in [1.807, 2.05) is 0 Å². The number of nitrogens with zero attached hydrogens (tertiary/aromatic N) is 1. The summed E-state index contributed by atoms with van der Waals surface area (Å²) < 4.78 is 4.99. The van der Waals surface area contributed by atoms with Gasteiger partial charge in [0.25, 0.3) is 17.7 Å². The van der Waals surface area contributed by atoms with E-state index in [2.05, 4.69) is 5.32 Å². The molecule has 1 atom stereocenters. The van der Waals surface area contributed by atoms with Gasteiger partial charge in [0.1, 0.15) is 6.04 Å². The van der Waals surface area contributed by atoms with E-state index in [0.29, 0.717) is 16.3 Å². The Labute approximate surface area is 166 Å². The van der Waals surface area contributed by atoms with Crippen molar-refractivity contribution in [1.29, 1.82) is 0 Å². The summed E-state index contributed by atoms with van der Waals surface area (Å²) in [7, 11) is 0. The number of fused-ring (bicyclic) bond motifs is 1. The SMILES string of the molecule is Cc1c(Cl)cccc1NC(=O)COC(=O)[C@@H](C)N1C(=O)c2ccccc2C1=O. The zero-order valence-corrected chi connectivity index (χ0v) is 15.9. The summed E-state index contributed by atoms with van der Waals surface area (Å²) in [5, 5.41) is 3.09. The van der Waals surface area contributed by atoms with E-state index in [4.69, 9.17) is 16.3 Å². The third-order valence-electron chi connectivity index (χ3n) is 4.44. The maximum absolute atomic E-state index is 12.4. The number of ether oxygens (including phenoxy) is 1. The molecule has 1 N–H and O–H groups in total. The van der Waals surface area contributed by atoms with Crippen LogP contribution in [0.3, 0.4) is 0 Å². The summed E-state index contributed by atoms with van der Waals surface area (Å²) >= 11 is 6.00. The Hall–Kier alpha value is -3.19. The normalized spacial score (nSPS) is 13.9. The Morgan fingerprint density at radius 1 is 1.07 bits per heavy atom. The summed E-state index contributed by atoms with van der Waals surface area (Å²) in [4.78, 5) is 50.0. The number of hydrogen-bond donors (Lipinski definition) is 1. The molecule has 0 fully saturated rings. The lowest BCUT2D eigenvalue weighted by molar-refractivity contribution is -0.150. The van der Waals surface area contributed by atoms with Crippen LogP contribution in [0.5, 0.6) is 0 Å². The predicted molar refractivity (Wildman–Crippen MR) is 102 cm³/mol. The van der Waals surface area contributed by atoms with Crippen molar-refractivity contribution in [2.75, 3.05) is 11.9 Å². The van der Waals surface area contributed by atoms with Crippen LogP contribution < -0.4 is 5.32 Å². The molecule has 1 aliphatic heterocycles. The standard InChI is InChI=1S/C20H17ClN2O5/c1-11-15(21)8-5-9-16(11)22-17(24)10-28-20(27)12(2)23-18(25)13-6-3-4-7-14(13)19(23)26/h3-9,12H,10H2,1-2H3,(H,22,24)/t12-/m1/s1. The van der Waals surface area contributed by atoms with Gasteiger partial charge < -0.3 is 10.1 Å². The van der Waals surface area contributed by atoms with Crippen LogP contribution in [0.15, 0.2) is 42.5 Å². The fourth-order valence-electron chi connectivity index (χ4n) is 2.85. The summed E-state index contributed by atoms with van der Waals surface area (Å²) in [6.45, 7) is 2.57. The van der Waals surface area contributed by atoms with Gasteiger partial charge in [0.2, 0.25) is 0 Å². The van der Waals surface area contributed by atoms with Gasteiger partial charge in [0.15, 0.2) is 6.61 Å². The van der Waals surface area contributed by atoms with Crippen molar-refractivity contribution >= 4 is 41.0 Å². The van der Waals surface area contributed by atoms with Gasteiger partial charge in [0, 0.05) is 10.7 Å². The Kier molecular flexibility index (Phi) is 5.46. The largest absolute Gasteiger partial charge is 0.454 e. The van der Waals surface area contributed by atoms with Gasteiger partial charge in [-0.05, 0) is 43.7 Å². The highest BCUT2D eigenvalue weighted by atomic mass is 35.5. The first-order chi connectivity index (χ1) is 13.3. The van der Waals surface area contributed by atoms with Gasteiger partial charge in [0.05, 0.1) is 11.1 Å². The summed E-state index contributed by atoms with van der Waals surface area (Å²) in [6, 6.07) is 10.2. The van der Waals surface area contributed by atoms with Crippen LogP contribution in [0.2, 0.25) is 5.02 Å². The van der Waals surface area contributed by atoms with Crippen LogP contribution in [0.1, 0.15) is 33.2 Å². The lowest BCUT2D eigenvalue weighted by Gasteiger charge is -2.20. The fourth-order valence-corrected chi connectivity index (χ4v) is 3.03. The monoisotopic (exact) mass is 400 g/mol. The van der Waals surface area contributed by atoms with Crippen LogP contribution >= 0.6 is 11.6 Å². The van der Waals surface area contributed by atoms with Crippen LogP contribution in [0, 0.1) is 6.92 Å². The number of imide groups is 1. The predicted octanol–water partition coefficient (Wildman–Crippen LogP) is 2.81. The number of rotatable bonds is 5. The molecule has 1 heterocycles. The molecule has 0 spiro atoms. The van der Waals surface area contributed by atoms with Crippen molar-refractivity contribution in [3.63, 3.8) is 0 Å². The number of hydrogen-bond acceptors (Lipinski definition) is 5. The Morgan fingerprint density at radius 3 is 2.29 bits per heavy atom. The van der Waals surface area contributed by atoms with Crippen molar-refractivity contribution in [3.05, 3.63) is 64.2 Å².